The molecule has 2 amide bonds. The van der Waals surface area contributed by atoms with Crippen LogP contribution in [-0.4, -0.2) is 24.9 Å². The van der Waals surface area contributed by atoms with Crippen LogP contribution < -0.4 is 10.6 Å². The van der Waals surface area contributed by atoms with Gasteiger partial charge in [0.1, 0.15) is 0 Å². The monoisotopic (exact) mass is 464 g/mol. The van der Waals surface area contributed by atoms with Gasteiger partial charge in [-0.2, -0.15) is 0 Å². The molecule has 4 nitrogen and oxygen atoms in total. The molecule has 1 fully saturated rings. The topological polar surface area (TPSA) is 58.2 Å². The summed E-state index contributed by atoms with van der Waals surface area (Å²) in [7, 11) is 0. The molecule has 0 aromatic heterocycles. The number of rotatable bonds is 12. The lowest BCUT2D eigenvalue weighted by Gasteiger charge is -2.47. The van der Waals surface area contributed by atoms with Gasteiger partial charge >= 0.3 is 0 Å². The maximum absolute atomic E-state index is 13.6. The van der Waals surface area contributed by atoms with E-state index in [0.29, 0.717) is 24.6 Å². The highest BCUT2D eigenvalue weighted by atomic mass is 16.2. The number of hydrogen-bond acceptors (Lipinski definition) is 2. The Morgan fingerprint density at radius 2 is 1.88 bits per heavy atom. The van der Waals surface area contributed by atoms with E-state index in [4.69, 9.17) is 0 Å². The van der Waals surface area contributed by atoms with Crippen molar-refractivity contribution < 1.29 is 9.59 Å². The molecule has 2 aliphatic rings. The molecule has 2 N–H and O–H groups in total. The van der Waals surface area contributed by atoms with E-state index in [0.717, 1.165) is 44.1 Å². The molecule has 1 aliphatic heterocycles. The Labute approximate surface area is 206 Å². The van der Waals surface area contributed by atoms with Gasteiger partial charge < -0.3 is 10.6 Å². The van der Waals surface area contributed by atoms with Crippen LogP contribution in [0.4, 0.5) is 0 Å². The number of carbonyl (C=O) groups excluding carboxylic acids is 2. The van der Waals surface area contributed by atoms with Crippen LogP contribution in [0, 0.1) is 16.7 Å². The molecule has 1 saturated heterocycles. The second-order valence-electron chi connectivity index (χ2n) is 10.2. The quantitative estimate of drug-likeness (QED) is 0.369. The first kappa shape index (κ1) is 26.2. The van der Waals surface area contributed by atoms with Crippen molar-refractivity contribution in [3.8, 4) is 0 Å². The first-order valence-electron chi connectivity index (χ1n) is 13.5. The Balaban J connectivity index is 1.96. The summed E-state index contributed by atoms with van der Waals surface area (Å²) in [5, 5.41) is 6.44. The fraction of sp³-hybridized carbons (Fsp3) is 0.600. The summed E-state index contributed by atoms with van der Waals surface area (Å²) >= 11 is 0. The minimum absolute atomic E-state index is 0.0299. The summed E-state index contributed by atoms with van der Waals surface area (Å²) in [6.07, 6.45) is 17.0. The molecule has 1 spiro atoms. The second kappa shape index (κ2) is 11.9. The highest BCUT2D eigenvalue weighted by Gasteiger charge is 2.61. The predicted molar refractivity (Wildman–Crippen MR) is 141 cm³/mol. The van der Waals surface area contributed by atoms with Gasteiger partial charge in [0.15, 0.2) is 0 Å². The van der Waals surface area contributed by atoms with Crippen LogP contribution in [-0.2, 0) is 4.79 Å². The zero-order valence-electron chi connectivity index (χ0n) is 21.7. The van der Waals surface area contributed by atoms with Crippen LogP contribution in [0.2, 0.25) is 0 Å². The van der Waals surface area contributed by atoms with E-state index in [-0.39, 0.29) is 23.1 Å². The van der Waals surface area contributed by atoms with E-state index in [9.17, 15) is 9.59 Å². The van der Waals surface area contributed by atoms with E-state index >= 15 is 0 Å². The van der Waals surface area contributed by atoms with Gasteiger partial charge in [0.05, 0.1) is 5.41 Å². The smallest absolute Gasteiger partial charge is 0.251 e. The van der Waals surface area contributed by atoms with Crippen LogP contribution in [0.15, 0.2) is 48.6 Å². The third-order valence-corrected chi connectivity index (χ3v) is 8.43. The fourth-order valence-corrected chi connectivity index (χ4v) is 6.15. The number of allylic oxidation sites excluding steroid dienone is 3. The van der Waals surface area contributed by atoms with E-state index in [1.165, 1.54) is 12.8 Å². The zero-order chi connectivity index (χ0) is 24.6. The van der Waals surface area contributed by atoms with Crippen molar-refractivity contribution in [2.75, 3.05) is 13.1 Å². The number of nitrogens with one attached hydrogen (secondary N) is 2. The molecule has 3 rings (SSSR count). The van der Waals surface area contributed by atoms with Crippen molar-refractivity contribution in [3.63, 3.8) is 0 Å². The molecule has 1 aromatic carbocycles. The van der Waals surface area contributed by atoms with Crippen molar-refractivity contribution >= 4 is 11.8 Å². The molecule has 4 heteroatoms. The molecule has 4 unspecified atom stereocenters. The first-order valence-corrected chi connectivity index (χ1v) is 13.5. The number of benzene rings is 1. The van der Waals surface area contributed by atoms with E-state index in [2.05, 4.69) is 50.5 Å². The molecule has 0 saturated carbocycles. The van der Waals surface area contributed by atoms with Gasteiger partial charge in [0, 0.05) is 30.0 Å². The first-order chi connectivity index (χ1) is 16.5. The lowest BCUT2D eigenvalue weighted by atomic mass is 9.53. The van der Waals surface area contributed by atoms with Gasteiger partial charge in [-0.1, -0.05) is 102 Å². The van der Waals surface area contributed by atoms with E-state index in [1.54, 1.807) is 0 Å². The largest absolute Gasteiger partial charge is 0.355 e. The van der Waals surface area contributed by atoms with Crippen molar-refractivity contribution in [2.24, 2.45) is 16.7 Å². The van der Waals surface area contributed by atoms with Gasteiger partial charge in [-0.3, -0.25) is 9.59 Å². The van der Waals surface area contributed by atoms with Gasteiger partial charge in [-0.05, 0) is 36.8 Å². The van der Waals surface area contributed by atoms with Gasteiger partial charge in [0.25, 0.3) is 5.91 Å². The normalized spacial score (nSPS) is 26.6. The van der Waals surface area contributed by atoms with Gasteiger partial charge in [-0.15, -0.1) is 0 Å². The number of amides is 2. The van der Waals surface area contributed by atoms with Crippen LogP contribution in [0.5, 0.6) is 0 Å². The average Bonchev–Trinajstić information content (AvgIpc) is 3.14. The Kier molecular flexibility index (Phi) is 9.16. The second-order valence-corrected chi connectivity index (χ2v) is 10.2. The molecule has 0 radical (unpaired) electrons. The Morgan fingerprint density at radius 1 is 1.12 bits per heavy atom. The zero-order valence-corrected chi connectivity index (χ0v) is 21.7. The summed E-state index contributed by atoms with van der Waals surface area (Å²) in [5.41, 5.74) is 0.809. The average molecular weight is 465 g/mol. The molecule has 1 heterocycles. The van der Waals surface area contributed by atoms with Gasteiger partial charge in [0.2, 0.25) is 5.91 Å². The lowest BCUT2D eigenvalue weighted by molar-refractivity contribution is -0.129. The van der Waals surface area contributed by atoms with Gasteiger partial charge in [-0.25, -0.2) is 0 Å². The molecule has 1 aliphatic carbocycles. The third kappa shape index (κ3) is 4.87. The summed E-state index contributed by atoms with van der Waals surface area (Å²) in [6.45, 7) is 10.2. The Hall–Kier alpha value is -2.36. The number of unbranched alkanes of at least 4 members (excludes halogenated alkanes) is 2. The van der Waals surface area contributed by atoms with Crippen LogP contribution in [0.3, 0.4) is 0 Å². The fourth-order valence-electron chi connectivity index (χ4n) is 6.15. The maximum Gasteiger partial charge on any atom is 0.251 e. The summed E-state index contributed by atoms with van der Waals surface area (Å²) < 4.78 is 0. The predicted octanol–water partition coefficient (Wildman–Crippen LogP) is 6.55. The molecule has 1 aromatic rings. The molecule has 4 atom stereocenters. The molecule has 0 bridgehead atoms. The highest BCUT2D eigenvalue weighted by molar-refractivity contribution is 5.97. The number of carbonyl (C=O) groups is 2. The highest BCUT2D eigenvalue weighted by Crippen LogP contribution is 2.59. The van der Waals surface area contributed by atoms with Crippen LogP contribution in [0.25, 0.3) is 0 Å². The van der Waals surface area contributed by atoms with Crippen molar-refractivity contribution in [1.29, 1.82) is 0 Å². The van der Waals surface area contributed by atoms with E-state index in [1.807, 2.05) is 36.4 Å². The van der Waals surface area contributed by atoms with E-state index < -0.39 is 5.41 Å². The van der Waals surface area contributed by atoms with Crippen LogP contribution >= 0.6 is 0 Å². The number of hydrogen-bond donors (Lipinski definition) is 2. The molecular weight excluding hydrogens is 420 g/mol. The molecule has 186 valence electrons. The van der Waals surface area contributed by atoms with Crippen LogP contribution in [0.1, 0.15) is 101 Å². The summed E-state index contributed by atoms with van der Waals surface area (Å²) in [5.74, 6) is 0.401. The SMILES string of the molecule is CCCCC(CC)CNC(=O)c1ccccc1C1C=CC=CC12C(=O)NCC2(CC)CCCC. The third-order valence-electron chi connectivity index (χ3n) is 8.43. The Bertz CT molecular complexity index is 905. The minimum Gasteiger partial charge on any atom is -0.355 e. The molecular formula is C30H44N2O2. The molecule has 34 heavy (non-hydrogen) atoms. The Morgan fingerprint density at radius 3 is 2.59 bits per heavy atom. The maximum atomic E-state index is 13.6. The summed E-state index contributed by atoms with van der Waals surface area (Å²) in [4.78, 5) is 27.0. The van der Waals surface area contributed by atoms with Crippen molar-refractivity contribution in [2.45, 2.75) is 85.0 Å². The summed E-state index contributed by atoms with van der Waals surface area (Å²) in [6, 6.07) is 7.89. The minimum atomic E-state index is -0.671. The van der Waals surface area contributed by atoms with Crippen molar-refractivity contribution in [1.82, 2.24) is 10.6 Å². The van der Waals surface area contributed by atoms with Crippen molar-refractivity contribution in [3.05, 3.63) is 59.7 Å². The lowest BCUT2D eigenvalue weighted by Crippen LogP contribution is -2.47. The standard InChI is InChI=1S/C30H44N2O2/c1-5-9-15-23(7-3)21-31-27(33)25-17-12-11-16-24(25)26-18-13-14-20-30(26)28(34)32-22-29(30,8-4)19-10-6-2/h11-14,16-18,20,23,26H,5-10,15,19,21-22H2,1-4H3,(H,31,33)(H,32,34).